The number of esters is 1. The number of halogens is 1. The van der Waals surface area contributed by atoms with Gasteiger partial charge >= 0.3 is 5.97 Å². The van der Waals surface area contributed by atoms with Crippen LogP contribution in [0.25, 0.3) is 10.6 Å². The van der Waals surface area contributed by atoms with E-state index in [-0.39, 0.29) is 5.97 Å². The third-order valence-corrected chi connectivity index (χ3v) is 4.02. The van der Waals surface area contributed by atoms with Gasteiger partial charge in [0.15, 0.2) is 0 Å². The minimum absolute atomic E-state index is 0.247. The van der Waals surface area contributed by atoms with Gasteiger partial charge in [0, 0.05) is 22.5 Å². The molecule has 0 atom stereocenters. The molecule has 0 radical (unpaired) electrons. The van der Waals surface area contributed by atoms with Crippen molar-refractivity contribution in [3.05, 3.63) is 34.0 Å². The van der Waals surface area contributed by atoms with Gasteiger partial charge in [0.05, 0.1) is 24.1 Å². The number of hydrogen-bond acceptors (Lipinski definition) is 5. The lowest BCUT2D eigenvalue weighted by Gasteiger charge is -2.01. The van der Waals surface area contributed by atoms with Crippen LogP contribution in [0.2, 0.25) is 0 Å². The van der Waals surface area contributed by atoms with E-state index >= 15 is 0 Å². The maximum absolute atomic E-state index is 11.1. The third kappa shape index (κ3) is 3.36. The molecule has 2 heterocycles. The number of rotatable bonds is 4. The average molecular weight is 327 g/mol. The first kappa shape index (κ1) is 13.2. The first-order valence-corrected chi connectivity index (χ1v) is 6.99. The molecule has 0 amide bonds. The second-order valence-corrected chi connectivity index (χ2v) is 5.39. The van der Waals surface area contributed by atoms with Crippen LogP contribution in [0.5, 0.6) is 0 Å². The summed E-state index contributed by atoms with van der Waals surface area (Å²) >= 11 is 5.02. The number of ether oxygens (including phenoxy) is 1. The quantitative estimate of drug-likeness (QED) is 0.810. The number of aromatic nitrogens is 2. The van der Waals surface area contributed by atoms with Gasteiger partial charge in [0.25, 0.3) is 0 Å². The van der Waals surface area contributed by atoms with Crippen LogP contribution in [0.4, 0.5) is 0 Å². The highest BCUT2D eigenvalue weighted by molar-refractivity contribution is 9.10. The van der Waals surface area contributed by atoms with Crippen LogP contribution in [-0.2, 0) is 16.0 Å². The summed E-state index contributed by atoms with van der Waals surface area (Å²) in [7, 11) is 1.38. The molecule has 18 heavy (non-hydrogen) atoms. The molecular formula is C12H11BrN2O2S. The number of carbonyl (C=O) groups is 1. The summed E-state index contributed by atoms with van der Waals surface area (Å²) in [4.78, 5) is 20.7. The number of aryl methyl sites for hydroxylation is 1. The zero-order chi connectivity index (χ0) is 13.0. The third-order valence-electron chi connectivity index (χ3n) is 2.31. The molecule has 2 rings (SSSR count). The monoisotopic (exact) mass is 326 g/mol. The van der Waals surface area contributed by atoms with Crippen molar-refractivity contribution in [3.63, 3.8) is 0 Å². The Hall–Kier alpha value is -1.27. The van der Waals surface area contributed by atoms with Gasteiger partial charge in [-0.25, -0.2) is 9.97 Å². The molecule has 2 aromatic heterocycles. The Balaban J connectivity index is 2.12. The van der Waals surface area contributed by atoms with E-state index in [0.29, 0.717) is 18.7 Å². The largest absolute Gasteiger partial charge is 0.469 e. The van der Waals surface area contributed by atoms with Crippen molar-refractivity contribution < 1.29 is 9.53 Å². The molecule has 0 aromatic carbocycles. The standard InChI is InChI=1S/C12H11BrN2O2S/c1-17-12(16)3-2-11-14-5-4-9(15-11)10-6-8(13)7-18-10/h4-7H,2-3H2,1H3. The molecule has 0 bridgehead atoms. The van der Waals surface area contributed by atoms with Crippen LogP contribution in [0.1, 0.15) is 12.2 Å². The molecule has 0 saturated heterocycles. The van der Waals surface area contributed by atoms with Gasteiger partial charge in [0.1, 0.15) is 5.82 Å². The normalized spacial score (nSPS) is 10.3. The SMILES string of the molecule is COC(=O)CCc1nccc(-c2cc(Br)cs2)n1. The first-order chi connectivity index (χ1) is 8.69. The molecule has 0 unspecified atom stereocenters. The summed E-state index contributed by atoms with van der Waals surface area (Å²) in [5.41, 5.74) is 0.876. The van der Waals surface area contributed by atoms with Crippen molar-refractivity contribution in [2.45, 2.75) is 12.8 Å². The highest BCUT2D eigenvalue weighted by Crippen LogP contribution is 2.28. The first-order valence-electron chi connectivity index (χ1n) is 5.32. The number of hydrogen-bond donors (Lipinski definition) is 0. The maximum atomic E-state index is 11.1. The zero-order valence-corrected chi connectivity index (χ0v) is 12.1. The van der Waals surface area contributed by atoms with E-state index in [0.717, 1.165) is 15.0 Å². The van der Waals surface area contributed by atoms with Crippen LogP contribution in [0.3, 0.4) is 0 Å². The number of carbonyl (C=O) groups excluding carboxylic acids is 1. The van der Waals surface area contributed by atoms with E-state index < -0.39 is 0 Å². The van der Waals surface area contributed by atoms with Crippen molar-refractivity contribution in [2.75, 3.05) is 7.11 Å². The molecule has 2 aromatic rings. The fourth-order valence-electron chi connectivity index (χ4n) is 1.42. The molecule has 0 N–H and O–H groups in total. The predicted molar refractivity (Wildman–Crippen MR) is 73.4 cm³/mol. The van der Waals surface area contributed by atoms with Crippen molar-refractivity contribution in [1.82, 2.24) is 9.97 Å². The predicted octanol–water partition coefficient (Wildman–Crippen LogP) is 3.07. The molecule has 94 valence electrons. The number of nitrogens with zero attached hydrogens (tertiary/aromatic N) is 2. The average Bonchev–Trinajstić information content (AvgIpc) is 2.83. The summed E-state index contributed by atoms with van der Waals surface area (Å²) in [6.07, 6.45) is 2.50. The van der Waals surface area contributed by atoms with Crippen molar-refractivity contribution in [2.24, 2.45) is 0 Å². The lowest BCUT2D eigenvalue weighted by atomic mass is 10.2. The minimum Gasteiger partial charge on any atom is -0.469 e. The molecule has 0 spiro atoms. The summed E-state index contributed by atoms with van der Waals surface area (Å²) < 4.78 is 5.63. The Morgan fingerprint density at radius 1 is 1.56 bits per heavy atom. The van der Waals surface area contributed by atoms with Gasteiger partial charge in [-0.1, -0.05) is 0 Å². The molecule has 0 aliphatic carbocycles. The van der Waals surface area contributed by atoms with Gasteiger partial charge in [0.2, 0.25) is 0 Å². The van der Waals surface area contributed by atoms with Crippen molar-refractivity contribution >= 4 is 33.2 Å². The molecule has 4 nitrogen and oxygen atoms in total. The van der Waals surface area contributed by atoms with Gasteiger partial charge < -0.3 is 4.74 Å². The Labute approximate surface area is 117 Å². The summed E-state index contributed by atoms with van der Waals surface area (Å²) in [5.74, 6) is 0.408. The lowest BCUT2D eigenvalue weighted by molar-refractivity contribution is -0.140. The van der Waals surface area contributed by atoms with Gasteiger partial charge in [-0.05, 0) is 28.1 Å². The zero-order valence-electron chi connectivity index (χ0n) is 9.72. The van der Waals surface area contributed by atoms with E-state index in [1.54, 1.807) is 17.5 Å². The highest BCUT2D eigenvalue weighted by atomic mass is 79.9. The molecule has 0 saturated carbocycles. The van der Waals surface area contributed by atoms with Crippen molar-refractivity contribution in [1.29, 1.82) is 0 Å². The topological polar surface area (TPSA) is 52.1 Å². The molecule has 0 aliphatic rings. The maximum Gasteiger partial charge on any atom is 0.305 e. The van der Waals surface area contributed by atoms with Crippen LogP contribution >= 0.6 is 27.3 Å². The van der Waals surface area contributed by atoms with E-state index in [1.807, 2.05) is 17.5 Å². The van der Waals surface area contributed by atoms with Crippen LogP contribution < -0.4 is 0 Å². The fourth-order valence-corrected chi connectivity index (χ4v) is 2.82. The van der Waals surface area contributed by atoms with E-state index in [2.05, 4.69) is 30.6 Å². The number of thiophene rings is 1. The minimum atomic E-state index is -0.247. The Kier molecular flexibility index (Phi) is 4.43. The number of methoxy groups -OCH3 is 1. The highest BCUT2D eigenvalue weighted by Gasteiger charge is 2.07. The summed E-state index contributed by atoms with van der Waals surface area (Å²) in [5, 5.41) is 2.01. The Bertz CT molecular complexity index is 557. The molecule has 0 aliphatic heterocycles. The van der Waals surface area contributed by atoms with E-state index in [1.165, 1.54) is 7.11 Å². The van der Waals surface area contributed by atoms with Crippen molar-refractivity contribution in [3.8, 4) is 10.6 Å². The van der Waals surface area contributed by atoms with E-state index in [4.69, 9.17) is 0 Å². The van der Waals surface area contributed by atoms with Crippen LogP contribution in [0.15, 0.2) is 28.2 Å². The Morgan fingerprint density at radius 2 is 2.39 bits per heavy atom. The molecular weight excluding hydrogens is 316 g/mol. The lowest BCUT2D eigenvalue weighted by Crippen LogP contribution is -2.04. The van der Waals surface area contributed by atoms with Gasteiger partial charge in [-0.2, -0.15) is 0 Å². The molecule has 0 fully saturated rings. The smallest absolute Gasteiger partial charge is 0.305 e. The fraction of sp³-hybridized carbons (Fsp3) is 0.250. The second kappa shape index (κ2) is 6.06. The summed E-state index contributed by atoms with van der Waals surface area (Å²) in [6.45, 7) is 0. The van der Waals surface area contributed by atoms with Crippen LogP contribution in [0, 0.1) is 0 Å². The van der Waals surface area contributed by atoms with E-state index in [9.17, 15) is 4.79 Å². The summed E-state index contributed by atoms with van der Waals surface area (Å²) in [6, 6.07) is 3.87. The van der Waals surface area contributed by atoms with Gasteiger partial charge in [-0.15, -0.1) is 11.3 Å². The Morgan fingerprint density at radius 3 is 3.06 bits per heavy atom. The van der Waals surface area contributed by atoms with Crippen LogP contribution in [-0.4, -0.2) is 23.0 Å². The molecule has 6 heteroatoms. The second-order valence-electron chi connectivity index (χ2n) is 3.56. The van der Waals surface area contributed by atoms with Gasteiger partial charge in [-0.3, -0.25) is 4.79 Å².